The smallest absolute Gasteiger partial charge is 0.333 e. The van der Waals surface area contributed by atoms with Gasteiger partial charge in [-0.1, -0.05) is 6.58 Å². The summed E-state index contributed by atoms with van der Waals surface area (Å²) < 4.78 is 4.85. The Hall–Kier alpha value is -0.830. The van der Waals surface area contributed by atoms with Crippen LogP contribution in [-0.2, 0) is 14.3 Å². The molecule has 0 saturated heterocycles. The SMILES string of the molecule is C=C(C)C(=O)OCCCCCC(=O)Cl. The Kier molecular flexibility index (Phi) is 7.11. The average Bonchev–Trinajstić information content (AvgIpc) is 2.09. The first-order valence-electron chi connectivity index (χ1n) is 4.55. The van der Waals surface area contributed by atoms with Crippen LogP contribution in [0.1, 0.15) is 32.6 Å². The van der Waals surface area contributed by atoms with Crippen molar-refractivity contribution >= 4 is 22.8 Å². The summed E-state index contributed by atoms with van der Waals surface area (Å²) >= 11 is 5.15. The van der Waals surface area contributed by atoms with Crippen LogP contribution in [-0.4, -0.2) is 17.8 Å². The number of carbonyl (C=O) groups is 2. The molecule has 14 heavy (non-hydrogen) atoms. The van der Waals surface area contributed by atoms with Crippen LogP contribution in [0.2, 0.25) is 0 Å². The van der Waals surface area contributed by atoms with Crippen molar-refractivity contribution < 1.29 is 14.3 Å². The van der Waals surface area contributed by atoms with Crippen LogP contribution in [0, 0.1) is 0 Å². The predicted molar refractivity (Wildman–Crippen MR) is 55.1 cm³/mol. The van der Waals surface area contributed by atoms with Gasteiger partial charge in [-0.25, -0.2) is 4.79 Å². The Morgan fingerprint density at radius 1 is 1.29 bits per heavy atom. The summed E-state index contributed by atoms with van der Waals surface area (Å²) in [6.07, 6.45) is 2.72. The lowest BCUT2D eigenvalue weighted by Crippen LogP contribution is -2.06. The maximum absolute atomic E-state index is 10.9. The van der Waals surface area contributed by atoms with Gasteiger partial charge in [0.2, 0.25) is 5.24 Å². The first kappa shape index (κ1) is 13.2. The van der Waals surface area contributed by atoms with Gasteiger partial charge in [0.15, 0.2) is 0 Å². The van der Waals surface area contributed by atoms with Crippen molar-refractivity contribution in [1.29, 1.82) is 0 Å². The van der Waals surface area contributed by atoms with E-state index < -0.39 is 0 Å². The maximum Gasteiger partial charge on any atom is 0.333 e. The van der Waals surface area contributed by atoms with Gasteiger partial charge in [0.05, 0.1) is 6.61 Å². The maximum atomic E-state index is 10.9. The molecule has 3 nitrogen and oxygen atoms in total. The van der Waals surface area contributed by atoms with Gasteiger partial charge in [0.25, 0.3) is 0 Å². The van der Waals surface area contributed by atoms with Gasteiger partial charge in [0.1, 0.15) is 0 Å². The normalized spacial score (nSPS) is 9.57. The van der Waals surface area contributed by atoms with E-state index in [4.69, 9.17) is 16.3 Å². The van der Waals surface area contributed by atoms with Crippen LogP contribution in [0.25, 0.3) is 0 Å². The monoisotopic (exact) mass is 218 g/mol. The molecule has 0 aromatic carbocycles. The first-order valence-corrected chi connectivity index (χ1v) is 4.93. The van der Waals surface area contributed by atoms with Gasteiger partial charge >= 0.3 is 5.97 Å². The fourth-order valence-corrected chi connectivity index (χ4v) is 0.965. The van der Waals surface area contributed by atoms with Crippen LogP contribution < -0.4 is 0 Å². The topological polar surface area (TPSA) is 43.4 Å². The molecular weight excluding hydrogens is 204 g/mol. The van der Waals surface area contributed by atoms with Crippen LogP contribution >= 0.6 is 11.6 Å². The zero-order chi connectivity index (χ0) is 11.0. The van der Waals surface area contributed by atoms with Crippen molar-refractivity contribution in [3.05, 3.63) is 12.2 Å². The number of carbonyl (C=O) groups excluding carboxylic acids is 2. The molecule has 0 amide bonds. The number of hydrogen-bond donors (Lipinski definition) is 0. The summed E-state index contributed by atoms with van der Waals surface area (Å²) in [5.74, 6) is -0.363. The number of unbranched alkanes of at least 4 members (excludes halogenated alkanes) is 2. The third kappa shape index (κ3) is 7.80. The number of rotatable bonds is 7. The third-order valence-electron chi connectivity index (χ3n) is 1.60. The van der Waals surface area contributed by atoms with E-state index in [0.29, 0.717) is 18.6 Å². The van der Waals surface area contributed by atoms with Crippen LogP contribution in [0.5, 0.6) is 0 Å². The molecule has 0 atom stereocenters. The molecule has 0 aliphatic carbocycles. The summed E-state index contributed by atoms with van der Waals surface area (Å²) in [6.45, 7) is 5.44. The van der Waals surface area contributed by atoms with Crippen molar-refractivity contribution in [3.63, 3.8) is 0 Å². The quantitative estimate of drug-likeness (QED) is 0.285. The molecule has 0 N–H and O–H groups in total. The molecule has 0 aliphatic rings. The predicted octanol–water partition coefficient (Wildman–Crippen LogP) is 2.43. The number of ether oxygens (including phenoxy) is 1. The minimum atomic E-state index is -0.363. The highest BCUT2D eigenvalue weighted by Gasteiger charge is 2.02. The molecular formula is C10H15ClO3. The van der Waals surface area contributed by atoms with E-state index in [-0.39, 0.29) is 11.2 Å². The van der Waals surface area contributed by atoms with Crippen molar-refractivity contribution in [2.45, 2.75) is 32.6 Å². The number of hydrogen-bond acceptors (Lipinski definition) is 3. The molecule has 0 radical (unpaired) electrons. The summed E-state index contributed by atoms with van der Waals surface area (Å²) in [5, 5.41) is -0.316. The summed E-state index contributed by atoms with van der Waals surface area (Å²) in [6, 6.07) is 0. The lowest BCUT2D eigenvalue weighted by Gasteiger charge is -2.03. The molecule has 0 saturated carbocycles. The van der Waals surface area contributed by atoms with Gasteiger partial charge in [-0.3, -0.25) is 4.79 Å². The minimum Gasteiger partial charge on any atom is -0.462 e. The molecule has 0 aromatic rings. The van der Waals surface area contributed by atoms with Crippen LogP contribution in [0.4, 0.5) is 0 Å². The van der Waals surface area contributed by atoms with Gasteiger partial charge in [-0.2, -0.15) is 0 Å². The van der Waals surface area contributed by atoms with E-state index in [9.17, 15) is 9.59 Å². The highest BCUT2D eigenvalue weighted by atomic mass is 35.5. The molecule has 0 bridgehead atoms. The van der Waals surface area contributed by atoms with Gasteiger partial charge in [-0.15, -0.1) is 0 Å². The highest BCUT2D eigenvalue weighted by molar-refractivity contribution is 6.63. The first-order chi connectivity index (χ1) is 6.54. The summed E-state index contributed by atoms with van der Waals surface area (Å²) in [5.41, 5.74) is 0.404. The Labute approximate surface area is 89.1 Å². The Morgan fingerprint density at radius 3 is 2.43 bits per heavy atom. The molecule has 0 spiro atoms. The lowest BCUT2D eigenvalue weighted by atomic mass is 10.2. The fraction of sp³-hybridized carbons (Fsp3) is 0.600. The second-order valence-corrected chi connectivity index (χ2v) is 3.50. The number of halogens is 1. The third-order valence-corrected chi connectivity index (χ3v) is 1.79. The largest absolute Gasteiger partial charge is 0.462 e. The highest BCUT2D eigenvalue weighted by Crippen LogP contribution is 2.03. The molecule has 0 aromatic heterocycles. The number of esters is 1. The zero-order valence-corrected chi connectivity index (χ0v) is 9.10. The van der Waals surface area contributed by atoms with E-state index >= 15 is 0 Å². The van der Waals surface area contributed by atoms with Gasteiger partial charge < -0.3 is 4.74 Å². The van der Waals surface area contributed by atoms with E-state index in [1.807, 2.05) is 0 Å². The Morgan fingerprint density at radius 2 is 1.93 bits per heavy atom. The van der Waals surface area contributed by atoms with E-state index in [1.54, 1.807) is 6.92 Å². The molecule has 0 rings (SSSR count). The van der Waals surface area contributed by atoms with Crippen LogP contribution in [0.15, 0.2) is 12.2 Å². The van der Waals surface area contributed by atoms with Crippen molar-refractivity contribution in [2.75, 3.05) is 6.61 Å². The second-order valence-electron chi connectivity index (χ2n) is 3.08. The summed E-state index contributed by atoms with van der Waals surface area (Å²) in [4.78, 5) is 21.2. The molecule has 0 heterocycles. The van der Waals surface area contributed by atoms with Crippen LogP contribution in [0.3, 0.4) is 0 Å². The second kappa shape index (κ2) is 7.56. The standard InChI is InChI=1S/C10H15ClO3/c1-8(2)10(13)14-7-5-3-4-6-9(11)12/h1,3-7H2,2H3. The van der Waals surface area contributed by atoms with Crippen molar-refractivity contribution in [2.24, 2.45) is 0 Å². The summed E-state index contributed by atoms with van der Waals surface area (Å²) in [7, 11) is 0. The van der Waals surface area contributed by atoms with Gasteiger partial charge in [0, 0.05) is 12.0 Å². The van der Waals surface area contributed by atoms with Crippen molar-refractivity contribution in [3.8, 4) is 0 Å². The lowest BCUT2D eigenvalue weighted by molar-refractivity contribution is -0.139. The minimum absolute atomic E-state index is 0.316. The van der Waals surface area contributed by atoms with Crippen molar-refractivity contribution in [1.82, 2.24) is 0 Å². The van der Waals surface area contributed by atoms with E-state index in [1.165, 1.54) is 0 Å². The Bertz CT molecular complexity index is 223. The zero-order valence-electron chi connectivity index (χ0n) is 8.35. The van der Waals surface area contributed by atoms with Gasteiger partial charge in [-0.05, 0) is 37.8 Å². The molecule has 4 heteroatoms. The molecule has 0 unspecified atom stereocenters. The Balaban J connectivity index is 3.26. The van der Waals surface area contributed by atoms with E-state index in [0.717, 1.165) is 19.3 Å². The molecule has 0 aliphatic heterocycles. The molecule has 80 valence electrons. The average molecular weight is 219 g/mol. The fourth-order valence-electron chi connectivity index (χ4n) is 0.831. The molecule has 0 fully saturated rings. The van der Waals surface area contributed by atoms with E-state index in [2.05, 4.69) is 6.58 Å².